The van der Waals surface area contributed by atoms with Gasteiger partial charge in [-0.25, -0.2) is 0 Å². The van der Waals surface area contributed by atoms with Crippen LogP contribution in [0.2, 0.25) is 0 Å². The molecule has 15 heavy (non-hydrogen) atoms. The summed E-state index contributed by atoms with van der Waals surface area (Å²) in [4.78, 5) is 10.6. The van der Waals surface area contributed by atoms with E-state index in [0.29, 0.717) is 5.69 Å². The number of nitrogens with one attached hydrogen (secondary N) is 1. The van der Waals surface area contributed by atoms with Crippen LogP contribution in [-0.2, 0) is 4.79 Å². The van der Waals surface area contributed by atoms with Crippen molar-refractivity contribution in [3.8, 4) is 6.07 Å². The molecule has 0 saturated carbocycles. The second kappa shape index (κ2) is 5.12. The fourth-order valence-electron chi connectivity index (χ4n) is 0.814. The molecular formula is C9H7BrN4O. The van der Waals surface area contributed by atoms with Crippen LogP contribution in [0.1, 0.15) is 0 Å². The van der Waals surface area contributed by atoms with Gasteiger partial charge in [0.15, 0.2) is 0 Å². The van der Waals surface area contributed by atoms with Crippen LogP contribution in [0.3, 0.4) is 0 Å². The van der Waals surface area contributed by atoms with Crippen molar-refractivity contribution in [2.75, 3.05) is 5.43 Å². The molecule has 0 bridgehead atoms. The largest absolute Gasteiger partial charge is 0.364 e. The molecule has 76 valence electrons. The van der Waals surface area contributed by atoms with Crippen molar-refractivity contribution in [2.45, 2.75) is 0 Å². The topological polar surface area (TPSA) is 91.3 Å². The molecule has 3 N–H and O–H groups in total. The number of halogens is 1. The molecule has 0 saturated heterocycles. The number of anilines is 1. The maximum Gasteiger partial charge on any atom is 0.280 e. The summed E-state index contributed by atoms with van der Waals surface area (Å²) < 4.78 is 0.861. The summed E-state index contributed by atoms with van der Waals surface area (Å²) in [5.41, 5.74) is 7.74. The van der Waals surface area contributed by atoms with Crippen LogP contribution < -0.4 is 11.2 Å². The Labute approximate surface area is 94.7 Å². The van der Waals surface area contributed by atoms with Gasteiger partial charge in [0.2, 0.25) is 5.71 Å². The molecule has 1 rings (SSSR count). The zero-order valence-electron chi connectivity index (χ0n) is 7.57. The van der Waals surface area contributed by atoms with E-state index in [-0.39, 0.29) is 5.71 Å². The predicted molar refractivity (Wildman–Crippen MR) is 60.0 cm³/mol. The quantitative estimate of drug-likeness (QED) is 0.637. The summed E-state index contributed by atoms with van der Waals surface area (Å²) in [5, 5.41) is 12.1. The van der Waals surface area contributed by atoms with E-state index in [2.05, 4.69) is 26.5 Å². The molecule has 0 aliphatic carbocycles. The normalized spacial score (nSPS) is 10.5. The van der Waals surface area contributed by atoms with Gasteiger partial charge in [0.25, 0.3) is 5.91 Å². The van der Waals surface area contributed by atoms with E-state index in [0.717, 1.165) is 4.47 Å². The zero-order chi connectivity index (χ0) is 11.3. The number of benzene rings is 1. The Bertz CT molecular complexity index is 450. The summed E-state index contributed by atoms with van der Waals surface area (Å²) in [6.07, 6.45) is 0. The third-order valence-corrected chi connectivity index (χ3v) is 1.95. The minimum absolute atomic E-state index is 0.366. The first-order valence-electron chi connectivity index (χ1n) is 3.92. The Morgan fingerprint density at radius 3 is 2.87 bits per heavy atom. The average Bonchev–Trinajstić information content (AvgIpc) is 2.18. The molecule has 0 atom stereocenters. The molecule has 0 heterocycles. The molecule has 0 unspecified atom stereocenters. The Balaban J connectivity index is 2.80. The average molecular weight is 267 g/mol. The fourth-order valence-corrected chi connectivity index (χ4v) is 1.21. The summed E-state index contributed by atoms with van der Waals surface area (Å²) >= 11 is 3.27. The molecule has 5 nitrogen and oxygen atoms in total. The van der Waals surface area contributed by atoms with E-state index in [4.69, 9.17) is 11.0 Å². The van der Waals surface area contributed by atoms with Gasteiger partial charge in [0.1, 0.15) is 6.07 Å². The molecule has 0 spiro atoms. The molecule has 0 aromatic heterocycles. The standard InChI is InChI=1S/C9H7BrN4O/c10-6-2-1-3-7(4-6)13-14-8(5-11)9(12)15/h1-4,13H,(H2,12,15)/b14-8-. The lowest BCUT2D eigenvalue weighted by atomic mass is 10.3. The fraction of sp³-hybridized carbons (Fsp3) is 0. The number of hydrogen-bond donors (Lipinski definition) is 2. The first-order valence-corrected chi connectivity index (χ1v) is 4.72. The van der Waals surface area contributed by atoms with Gasteiger partial charge in [-0.05, 0) is 18.2 Å². The maximum atomic E-state index is 10.6. The zero-order valence-corrected chi connectivity index (χ0v) is 9.15. The molecule has 0 fully saturated rings. The second-order valence-electron chi connectivity index (χ2n) is 2.56. The van der Waals surface area contributed by atoms with Crippen LogP contribution in [0.4, 0.5) is 5.69 Å². The van der Waals surface area contributed by atoms with E-state index in [9.17, 15) is 4.79 Å². The van der Waals surface area contributed by atoms with Crippen molar-refractivity contribution in [1.29, 1.82) is 5.26 Å². The maximum absolute atomic E-state index is 10.6. The third-order valence-electron chi connectivity index (χ3n) is 1.46. The van der Waals surface area contributed by atoms with Crippen molar-refractivity contribution in [2.24, 2.45) is 10.8 Å². The molecule has 0 aliphatic rings. The van der Waals surface area contributed by atoms with Crippen LogP contribution in [0, 0.1) is 11.3 Å². The number of hydrazone groups is 1. The number of primary amides is 1. The summed E-state index contributed by atoms with van der Waals surface area (Å²) in [6.45, 7) is 0. The SMILES string of the molecule is N#C/C(=N/Nc1cccc(Br)c1)C(N)=O. The summed E-state index contributed by atoms with van der Waals surface area (Å²) in [5.74, 6) is -0.861. The van der Waals surface area contributed by atoms with E-state index in [1.54, 1.807) is 24.3 Å². The van der Waals surface area contributed by atoms with E-state index in [1.807, 2.05) is 6.07 Å². The Morgan fingerprint density at radius 1 is 1.60 bits per heavy atom. The summed E-state index contributed by atoms with van der Waals surface area (Å²) in [6, 6.07) is 8.71. The lowest BCUT2D eigenvalue weighted by Gasteiger charge is -2.00. The van der Waals surface area contributed by atoms with E-state index >= 15 is 0 Å². The highest BCUT2D eigenvalue weighted by molar-refractivity contribution is 9.10. The van der Waals surface area contributed by atoms with Crippen molar-refractivity contribution >= 4 is 33.2 Å². The van der Waals surface area contributed by atoms with Crippen LogP contribution in [0.5, 0.6) is 0 Å². The van der Waals surface area contributed by atoms with Crippen LogP contribution >= 0.6 is 15.9 Å². The number of amides is 1. The van der Waals surface area contributed by atoms with Gasteiger partial charge in [0.05, 0.1) is 5.69 Å². The molecule has 6 heteroatoms. The van der Waals surface area contributed by atoms with Gasteiger partial charge in [-0.2, -0.15) is 10.4 Å². The van der Waals surface area contributed by atoms with Gasteiger partial charge in [0, 0.05) is 4.47 Å². The van der Waals surface area contributed by atoms with Gasteiger partial charge < -0.3 is 5.73 Å². The van der Waals surface area contributed by atoms with Gasteiger partial charge in [-0.15, -0.1) is 0 Å². The number of nitriles is 1. The lowest BCUT2D eigenvalue weighted by molar-refractivity contribution is -0.111. The lowest BCUT2D eigenvalue weighted by Crippen LogP contribution is -2.22. The first kappa shape index (κ1) is 11.2. The Hall–Kier alpha value is -1.87. The van der Waals surface area contributed by atoms with Gasteiger partial charge in [-0.3, -0.25) is 10.2 Å². The molecule has 0 aliphatic heterocycles. The molecule has 1 aromatic carbocycles. The number of rotatable bonds is 3. The highest BCUT2D eigenvalue weighted by atomic mass is 79.9. The molecule has 1 amide bonds. The number of hydrogen-bond acceptors (Lipinski definition) is 4. The monoisotopic (exact) mass is 266 g/mol. The minimum Gasteiger partial charge on any atom is -0.364 e. The van der Waals surface area contributed by atoms with Crippen molar-refractivity contribution in [3.63, 3.8) is 0 Å². The number of carbonyl (C=O) groups excluding carboxylic acids is 1. The third kappa shape index (κ3) is 3.40. The Kier molecular flexibility index (Phi) is 3.83. The second-order valence-corrected chi connectivity index (χ2v) is 3.47. The minimum atomic E-state index is -0.861. The van der Waals surface area contributed by atoms with Crippen LogP contribution in [0.15, 0.2) is 33.8 Å². The highest BCUT2D eigenvalue weighted by Gasteiger charge is 2.04. The number of carbonyl (C=O) groups is 1. The Morgan fingerprint density at radius 2 is 2.33 bits per heavy atom. The number of nitrogens with zero attached hydrogens (tertiary/aromatic N) is 2. The molecule has 0 radical (unpaired) electrons. The predicted octanol–water partition coefficient (Wildman–Crippen LogP) is 1.23. The molecule has 1 aromatic rings. The van der Waals surface area contributed by atoms with E-state index < -0.39 is 5.91 Å². The van der Waals surface area contributed by atoms with Gasteiger partial charge in [-0.1, -0.05) is 22.0 Å². The van der Waals surface area contributed by atoms with Crippen molar-refractivity contribution < 1.29 is 4.79 Å². The van der Waals surface area contributed by atoms with Crippen molar-refractivity contribution in [3.05, 3.63) is 28.7 Å². The molecular weight excluding hydrogens is 260 g/mol. The van der Waals surface area contributed by atoms with Gasteiger partial charge >= 0.3 is 0 Å². The van der Waals surface area contributed by atoms with E-state index in [1.165, 1.54) is 0 Å². The van der Waals surface area contributed by atoms with Crippen LogP contribution in [0.25, 0.3) is 0 Å². The number of nitrogens with two attached hydrogens (primary N) is 1. The summed E-state index contributed by atoms with van der Waals surface area (Å²) in [7, 11) is 0. The van der Waals surface area contributed by atoms with Crippen molar-refractivity contribution in [1.82, 2.24) is 0 Å². The highest BCUT2D eigenvalue weighted by Crippen LogP contribution is 2.15. The van der Waals surface area contributed by atoms with Crippen LogP contribution in [-0.4, -0.2) is 11.6 Å². The smallest absolute Gasteiger partial charge is 0.280 e. The first-order chi connectivity index (χ1) is 7.13.